The Balaban J connectivity index is 1.39. The number of ether oxygens (including phenoxy) is 1. The molecule has 2 N–H and O–H groups in total. The van der Waals surface area contributed by atoms with Crippen molar-refractivity contribution in [2.75, 3.05) is 32.8 Å². The van der Waals surface area contributed by atoms with E-state index in [2.05, 4.69) is 34.7 Å². The second-order valence-electron chi connectivity index (χ2n) is 7.69. The van der Waals surface area contributed by atoms with Crippen LogP contribution in [0.2, 0.25) is 0 Å². The molecule has 3 rings (SSSR count). The van der Waals surface area contributed by atoms with Gasteiger partial charge in [0.15, 0.2) is 5.96 Å². The Labute approximate surface area is 168 Å². The van der Waals surface area contributed by atoms with Crippen molar-refractivity contribution in [1.29, 1.82) is 0 Å². The molecule has 1 saturated heterocycles. The molecule has 6 heteroatoms. The standard InChI is InChI=1S/C22H34N4O2/c1-2-23-22(24-13-15-28-17-18-8-4-3-5-9-18)25-20-12-14-26(16-20)21(27)19-10-6-7-11-19/h3-5,8-9,19-20H,2,6-7,10-17H2,1H3,(H2,23,24,25). The summed E-state index contributed by atoms with van der Waals surface area (Å²) in [6.45, 7) is 6.32. The first-order chi connectivity index (χ1) is 13.8. The van der Waals surface area contributed by atoms with Gasteiger partial charge in [0.2, 0.25) is 5.91 Å². The zero-order valence-corrected chi connectivity index (χ0v) is 17.0. The third-order valence-electron chi connectivity index (χ3n) is 5.51. The highest BCUT2D eigenvalue weighted by Gasteiger charge is 2.32. The number of hydrogen-bond acceptors (Lipinski definition) is 3. The van der Waals surface area contributed by atoms with Crippen molar-refractivity contribution in [3.63, 3.8) is 0 Å². The van der Waals surface area contributed by atoms with Gasteiger partial charge >= 0.3 is 0 Å². The first-order valence-electron chi connectivity index (χ1n) is 10.7. The molecule has 1 heterocycles. The van der Waals surface area contributed by atoms with E-state index in [0.717, 1.165) is 44.9 Å². The number of nitrogens with zero attached hydrogens (tertiary/aromatic N) is 2. The first kappa shape index (κ1) is 20.6. The smallest absolute Gasteiger partial charge is 0.225 e. The Kier molecular flexibility index (Phi) is 8.15. The molecular weight excluding hydrogens is 352 g/mol. The lowest BCUT2D eigenvalue weighted by atomic mass is 10.1. The van der Waals surface area contributed by atoms with Crippen LogP contribution in [-0.2, 0) is 16.1 Å². The van der Waals surface area contributed by atoms with Crippen molar-refractivity contribution in [3.8, 4) is 0 Å². The maximum absolute atomic E-state index is 12.6. The van der Waals surface area contributed by atoms with Gasteiger partial charge in [0.1, 0.15) is 0 Å². The van der Waals surface area contributed by atoms with E-state index in [1.807, 2.05) is 23.1 Å². The molecule has 1 amide bonds. The molecule has 0 radical (unpaired) electrons. The van der Waals surface area contributed by atoms with Gasteiger partial charge in [-0.25, -0.2) is 0 Å². The summed E-state index contributed by atoms with van der Waals surface area (Å²) in [6.07, 6.45) is 5.53. The normalized spacial score (nSPS) is 20.5. The van der Waals surface area contributed by atoms with Crippen LogP contribution >= 0.6 is 0 Å². The SMILES string of the molecule is CCNC(=NCCOCc1ccccc1)NC1CCN(C(=O)C2CCCC2)C1. The van der Waals surface area contributed by atoms with Crippen LogP contribution in [0.3, 0.4) is 0 Å². The number of benzene rings is 1. The summed E-state index contributed by atoms with van der Waals surface area (Å²) in [6, 6.07) is 10.4. The summed E-state index contributed by atoms with van der Waals surface area (Å²) >= 11 is 0. The zero-order chi connectivity index (χ0) is 19.6. The quantitative estimate of drug-likeness (QED) is 0.409. The van der Waals surface area contributed by atoms with E-state index in [1.165, 1.54) is 18.4 Å². The fraction of sp³-hybridized carbons (Fsp3) is 0.636. The van der Waals surface area contributed by atoms with Gasteiger partial charge in [0, 0.05) is 31.6 Å². The molecule has 154 valence electrons. The average molecular weight is 387 g/mol. The summed E-state index contributed by atoms with van der Waals surface area (Å²) in [7, 11) is 0. The van der Waals surface area contributed by atoms with Crippen molar-refractivity contribution in [2.24, 2.45) is 10.9 Å². The Morgan fingerprint density at radius 1 is 1.21 bits per heavy atom. The molecule has 0 aromatic heterocycles. The minimum absolute atomic E-state index is 0.266. The van der Waals surface area contributed by atoms with Crippen LogP contribution in [0, 0.1) is 5.92 Å². The maximum Gasteiger partial charge on any atom is 0.225 e. The number of hydrogen-bond donors (Lipinski definition) is 2. The van der Waals surface area contributed by atoms with Crippen molar-refractivity contribution >= 4 is 11.9 Å². The number of likely N-dealkylation sites (tertiary alicyclic amines) is 1. The molecule has 1 saturated carbocycles. The van der Waals surface area contributed by atoms with Gasteiger partial charge in [-0.15, -0.1) is 0 Å². The zero-order valence-electron chi connectivity index (χ0n) is 17.0. The number of carbonyl (C=O) groups excluding carboxylic acids is 1. The lowest BCUT2D eigenvalue weighted by Crippen LogP contribution is -2.45. The fourth-order valence-corrected chi connectivity index (χ4v) is 4.01. The Morgan fingerprint density at radius 2 is 2.00 bits per heavy atom. The van der Waals surface area contributed by atoms with E-state index in [-0.39, 0.29) is 12.0 Å². The van der Waals surface area contributed by atoms with Crippen LogP contribution in [0.1, 0.15) is 44.6 Å². The van der Waals surface area contributed by atoms with Gasteiger partial charge in [-0.2, -0.15) is 0 Å². The number of amides is 1. The predicted molar refractivity (Wildman–Crippen MR) is 112 cm³/mol. The van der Waals surface area contributed by atoms with E-state index in [0.29, 0.717) is 25.7 Å². The second-order valence-corrected chi connectivity index (χ2v) is 7.69. The molecule has 1 atom stereocenters. The fourth-order valence-electron chi connectivity index (χ4n) is 4.01. The topological polar surface area (TPSA) is 66.0 Å². The number of nitrogens with one attached hydrogen (secondary N) is 2. The van der Waals surface area contributed by atoms with Crippen molar-refractivity contribution in [1.82, 2.24) is 15.5 Å². The first-order valence-corrected chi connectivity index (χ1v) is 10.7. The van der Waals surface area contributed by atoms with E-state index in [4.69, 9.17) is 4.74 Å². The van der Waals surface area contributed by atoms with Gasteiger partial charge < -0.3 is 20.3 Å². The number of aliphatic imine (C=N–C) groups is 1. The van der Waals surface area contributed by atoms with Crippen molar-refractivity contribution in [3.05, 3.63) is 35.9 Å². The lowest BCUT2D eigenvalue weighted by Gasteiger charge is -2.21. The second kappa shape index (κ2) is 11.1. The van der Waals surface area contributed by atoms with Crippen LogP contribution < -0.4 is 10.6 Å². The third kappa shape index (κ3) is 6.23. The van der Waals surface area contributed by atoms with Gasteiger partial charge in [-0.3, -0.25) is 9.79 Å². The molecule has 0 bridgehead atoms. The molecule has 1 aliphatic carbocycles. The molecular formula is C22H34N4O2. The lowest BCUT2D eigenvalue weighted by molar-refractivity contribution is -0.134. The monoisotopic (exact) mass is 386 g/mol. The molecule has 1 aliphatic heterocycles. The number of carbonyl (C=O) groups is 1. The summed E-state index contributed by atoms with van der Waals surface area (Å²) in [4.78, 5) is 19.3. The van der Waals surface area contributed by atoms with Crippen LogP contribution in [0.4, 0.5) is 0 Å². The van der Waals surface area contributed by atoms with E-state index in [9.17, 15) is 4.79 Å². The van der Waals surface area contributed by atoms with Crippen molar-refractivity contribution < 1.29 is 9.53 Å². The van der Waals surface area contributed by atoms with E-state index < -0.39 is 0 Å². The van der Waals surface area contributed by atoms with Crippen LogP contribution in [-0.4, -0.2) is 55.6 Å². The summed E-state index contributed by atoms with van der Waals surface area (Å²) in [5.41, 5.74) is 1.18. The van der Waals surface area contributed by atoms with E-state index in [1.54, 1.807) is 0 Å². The number of rotatable bonds is 8. The Bertz CT molecular complexity index is 629. The van der Waals surface area contributed by atoms with Gasteiger partial charge in [-0.1, -0.05) is 43.2 Å². The molecule has 1 aromatic rings. The number of guanidine groups is 1. The predicted octanol–water partition coefficient (Wildman–Crippen LogP) is 2.55. The Morgan fingerprint density at radius 3 is 2.75 bits per heavy atom. The molecule has 1 aromatic carbocycles. The highest BCUT2D eigenvalue weighted by Crippen LogP contribution is 2.27. The third-order valence-corrected chi connectivity index (χ3v) is 5.51. The van der Waals surface area contributed by atoms with Gasteiger partial charge in [-0.05, 0) is 31.7 Å². The minimum Gasteiger partial charge on any atom is -0.375 e. The summed E-state index contributed by atoms with van der Waals surface area (Å²) in [5.74, 6) is 1.44. The Hall–Kier alpha value is -2.08. The highest BCUT2D eigenvalue weighted by atomic mass is 16.5. The summed E-state index contributed by atoms with van der Waals surface area (Å²) in [5, 5.41) is 6.79. The largest absolute Gasteiger partial charge is 0.375 e. The molecule has 6 nitrogen and oxygen atoms in total. The molecule has 1 unspecified atom stereocenters. The highest BCUT2D eigenvalue weighted by molar-refractivity contribution is 5.81. The summed E-state index contributed by atoms with van der Waals surface area (Å²) < 4.78 is 5.71. The van der Waals surface area contributed by atoms with E-state index >= 15 is 0 Å². The van der Waals surface area contributed by atoms with Gasteiger partial charge in [0.25, 0.3) is 0 Å². The van der Waals surface area contributed by atoms with Crippen molar-refractivity contribution in [2.45, 2.75) is 51.7 Å². The maximum atomic E-state index is 12.6. The van der Waals surface area contributed by atoms with Gasteiger partial charge in [0.05, 0.1) is 19.8 Å². The molecule has 2 aliphatic rings. The molecule has 2 fully saturated rings. The average Bonchev–Trinajstić information content (AvgIpc) is 3.40. The van der Waals surface area contributed by atoms with Crippen LogP contribution in [0.15, 0.2) is 35.3 Å². The molecule has 28 heavy (non-hydrogen) atoms. The van der Waals surface area contributed by atoms with Crippen LogP contribution in [0.25, 0.3) is 0 Å². The van der Waals surface area contributed by atoms with Crippen LogP contribution in [0.5, 0.6) is 0 Å². The minimum atomic E-state index is 0.266. The molecule has 0 spiro atoms.